The van der Waals surface area contributed by atoms with Crippen LogP contribution in [-0.4, -0.2) is 53.8 Å². The molecule has 0 radical (unpaired) electrons. The van der Waals surface area contributed by atoms with Gasteiger partial charge in [0, 0.05) is 6.54 Å². The third-order valence-electron chi connectivity index (χ3n) is 2.43. The molecule has 2 amide bonds. The summed E-state index contributed by atoms with van der Waals surface area (Å²) in [5.74, 6) is -1.65. The number of likely N-dealkylation sites (tertiary alicyclic amines) is 1. The Morgan fingerprint density at radius 2 is 2.17 bits per heavy atom. The molecule has 0 aromatic carbocycles. The lowest BCUT2D eigenvalue weighted by Crippen LogP contribution is -2.46. The molecular weight excluding hydrogens is 244 g/mol. The molecule has 1 unspecified atom stereocenters. The van der Waals surface area contributed by atoms with Crippen LogP contribution in [0.15, 0.2) is 0 Å². The fourth-order valence-corrected chi connectivity index (χ4v) is 1.71. The SMILES string of the molecule is CCOC(=O)C1CCCN1C(=O)NOCC(=O)O. The van der Waals surface area contributed by atoms with Crippen LogP contribution in [0.5, 0.6) is 0 Å². The van der Waals surface area contributed by atoms with Gasteiger partial charge >= 0.3 is 18.0 Å². The highest BCUT2D eigenvalue weighted by molar-refractivity contribution is 5.84. The van der Waals surface area contributed by atoms with E-state index < -0.39 is 30.6 Å². The van der Waals surface area contributed by atoms with Crippen molar-refractivity contribution in [3.05, 3.63) is 0 Å². The molecule has 1 aliphatic heterocycles. The van der Waals surface area contributed by atoms with E-state index in [0.717, 1.165) is 0 Å². The quantitative estimate of drug-likeness (QED) is 0.521. The first-order valence-electron chi connectivity index (χ1n) is 5.63. The third kappa shape index (κ3) is 3.88. The fraction of sp³-hybridized carbons (Fsp3) is 0.700. The van der Waals surface area contributed by atoms with Crippen LogP contribution in [0.1, 0.15) is 19.8 Å². The number of hydrogen-bond acceptors (Lipinski definition) is 5. The van der Waals surface area contributed by atoms with Gasteiger partial charge in [-0.3, -0.25) is 4.84 Å². The van der Waals surface area contributed by atoms with E-state index in [1.165, 1.54) is 4.90 Å². The topological polar surface area (TPSA) is 105 Å². The third-order valence-corrected chi connectivity index (χ3v) is 2.43. The highest BCUT2D eigenvalue weighted by atomic mass is 16.7. The standard InChI is InChI=1S/C10H16N2O6/c1-2-17-9(15)7-4-3-5-12(7)10(16)11-18-6-8(13)14/h7H,2-6H2,1H3,(H,11,16)(H,13,14). The Bertz CT molecular complexity index is 332. The minimum Gasteiger partial charge on any atom is -0.479 e. The minimum atomic E-state index is -1.20. The van der Waals surface area contributed by atoms with Crippen molar-refractivity contribution in [1.29, 1.82) is 0 Å². The average Bonchev–Trinajstić information content (AvgIpc) is 2.77. The van der Waals surface area contributed by atoms with E-state index in [2.05, 4.69) is 4.84 Å². The van der Waals surface area contributed by atoms with Crippen molar-refractivity contribution in [1.82, 2.24) is 10.4 Å². The zero-order valence-electron chi connectivity index (χ0n) is 10.0. The molecule has 2 N–H and O–H groups in total. The summed E-state index contributed by atoms with van der Waals surface area (Å²) in [4.78, 5) is 39.1. The smallest absolute Gasteiger partial charge is 0.342 e. The normalized spacial score (nSPS) is 18.5. The predicted octanol–water partition coefficient (Wildman–Crippen LogP) is -0.260. The Morgan fingerprint density at radius 3 is 2.78 bits per heavy atom. The number of rotatable bonds is 5. The van der Waals surface area contributed by atoms with E-state index in [1.807, 2.05) is 5.48 Å². The van der Waals surface area contributed by atoms with Crippen LogP contribution >= 0.6 is 0 Å². The van der Waals surface area contributed by atoms with Crippen molar-refractivity contribution in [2.75, 3.05) is 19.8 Å². The van der Waals surface area contributed by atoms with Gasteiger partial charge in [-0.15, -0.1) is 0 Å². The summed E-state index contributed by atoms with van der Waals surface area (Å²) in [6, 6.07) is -1.26. The Kier molecular flexibility index (Phi) is 5.37. The van der Waals surface area contributed by atoms with E-state index in [-0.39, 0.29) is 6.61 Å². The fourth-order valence-electron chi connectivity index (χ4n) is 1.71. The second kappa shape index (κ2) is 6.80. The molecular formula is C10H16N2O6. The summed E-state index contributed by atoms with van der Waals surface area (Å²) in [6.07, 6.45) is 1.22. The second-order valence-electron chi connectivity index (χ2n) is 3.69. The van der Waals surface area contributed by atoms with Gasteiger partial charge in [-0.25, -0.2) is 19.9 Å². The predicted molar refractivity (Wildman–Crippen MR) is 58.5 cm³/mol. The average molecular weight is 260 g/mol. The molecule has 0 spiro atoms. The first kappa shape index (κ1) is 14.2. The molecule has 0 bridgehead atoms. The van der Waals surface area contributed by atoms with Crippen molar-refractivity contribution in [3.8, 4) is 0 Å². The Balaban J connectivity index is 2.45. The number of amides is 2. The first-order chi connectivity index (χ1) is 8.56. The van der Waals surface area contributed by atoms with Gasteiger partial charge in [0.1, 0.15) is 6.04 Å². The molecule has 0 saturated carbocycles. The number of carbonyl (C=O) groups is 3. The number of hydroxylamine groups is 1. The van der Waals surface area contributed by atoms with Crippen molar-refractivity contribution in [2.45, 2.75) is 25.8 Å². The van der Waals surface area contributed by atoms with Crippen LogP contribution in [0, 0.1) is 0 Å². The molecule has 0 aromatic rings. The van der Waals surface area contributed by atoms with Gasteiger partial charge in [0.05, 0.1) is 6.61 Å². The van der Waals surface area contributed by atoms with Gasteiger partial charge in [0.2, 0.25) is 0 Å². The number of ether oxygens (including phenoxy) is 1. The van der Waals surface area contributed by atoms with Gasteiger partial charge in [-0.2, -0.15) is 0 Å². The molecule has 1 aliphatic rings. The largest absolute Gasteiger partial charge is 0.479 e. The van der Waals surface area contributed by atoms with Crippen LogP contribution < -0.4 is 5.48 Å². The number of esters is 1. The van der Waals surface area contributed by atoms with Crippen LogP contribution in [0.2, 0.25) is 0 Å². The maximum atomic E-state index is 11.6. The molecule has 102 valence electrons. The zero-order chi connectivity index (χ0) is 13.5. The summed E-state index contributed by atoms with van der Waals surface area (Å²) in [7, 11) is 0. The molecule has 1 rings (SSSR count). The molecule has 0 aromatic heterocycles. The second-order valence-corrected chi connectivity index (χ2v) is 3.69. The molecule has 0 aliphatic carbocycles. The van der Waals surface area contributed by atoms with E-state index in [0.29, 0.717) is 19.4 Å². The summed E-state index contributed by atoms with van der Waals surface area (Å²) >= 11 is 0. The summed E-state index contributed by atoms with van der Waals surface area (Å²) in [5, 5.41) is 8.34. The number of carbonyl (C=O) groups excluding carboxylic acids is 2. The number of urea groups is 1. The van der Waals surface area contributed by atoms with Crippen LogP contribution in [-0.2, 0) is 19.2 Å². The molecule has 1 saturated heterocycles. The number of hydrogen-bond donors (Lipinski definition) is 2. The molecule has 1 atom stereocenters. The monoisotopic (exact) mass is 260 g/mol. The molecule has 8 heteroatoms. The van der Waals surface area contributed by atoms with E-state index in [4.69, 9.17) is 9.84 Å². The number of aliphatic carboxylic acids is 1. The van der Waals surface area contributed by atoms with Gasteiger partial charge < -0.3 is 14.7 Å². The Labute approximate surface area is 104 Å². The lowest BCUT2D eigenvalue weighted by Gasteiger charge is -2.22. The summed E-state index contributed by atoms with van der Waals surface area (Å²) in [6.45, 7) is 1.71. The zero-order valence-corrected chi connectivity index (χ0v) is 10.0. The van der Waals surface area contributed by atoms with Crippen molar-refractivity contribution < 1.29 is 29.1 Å². The van der Waals surface area contributed by atoms with Gasteiger partial charge in [-0.1, -0.05) is 0 Å². The van der Waals surface area contributed by atoms with Crippen molar-refractivity contribution in [2.24, 2.45) is 0 Å². The van der Waals surface area contributed by atoms with E-state index in [1.54, 1.807) is 6.92 Å². The van der Waals surface area contributed by atoms with Crippen LogP contribution in [0.3, 0.4) is 0 Å². The minimum absolute atomic E-state index is 0.250. The molecule has 8 nitrogen and oxygen atoms in total. The van der Waals surface area contributed by atoms with Gasteiger partial charge in [0.25, 0.3) is 0 Å². The number of nitrogens with one attached hydrogen (secondary N) is 1. The van der Waals surface area contributed by atoms with E-state index in [9.17, 15) is 14.4 Å². The first-order valence-corrected chi connectivity index (χ1v) is 5.63. The molecule has 1 fully saturated rings. The highest BCUT2D eigenvalue weighted by Gasteiger charge is 2.35. The Hall–Kier alpha value is -1.83. The lowest BCUT2D eigenvalue weighted by molar-refractivity contribution is -0.148. The van der Waals surface area contributed by atoms with Crippen molar-refractivity contribution >= 4 is 18.0 Å². The van der Waals surface area contributed by atoms with E-state index >= 15 is 0 Å². The molecule has 18 heavy (non-hydrogen) atoms. The maximum Gasteiger partial charge on any atom is 0.342 e. The van der Waals surface area contributed by atoms with Gasteiger partial charge in [-0.05, 0) is 19.8 Å². The lowest BCUT2D eigenvalue weighted by atomic mass is 10.2. The van der Waals surface area contributed by atoms with Crippen LogP contribution in [0.4, 0.5) is 4.79 Å². The Morgan fingerprint density at radius 1 is 1.44 bits per heavy atom. The number of carboxylic acid groups (broad SMARTS) is 1. The molecule has 1 heterocycles. The maximum absolute atomic E-state index is 11.6. The highest BCUT2D eigenvalue weighted by Crippen LogP contribution is 2.18. The number of nitrogens with zero attached hydrogens (tertiary/aromatic N) is 1. The van der Waals surface area contributed by atoms with Gasteiger partial charge in [0.15, 0.2) is 6.61 Å². The summed E-state index contributed by atoms with van der Waals surface area (Å²) < 4.78 is 4.85. The number of carboxylic acids is 1. The van der Waals surface area contributed by atoms with Crippen molar-refractivity contribution in [3.63, 3.8) is 0 Å². The summed E-state index contributed by atoms with van der Waals surface area (Å²) in [5.41, 5.74) is 1.98. The van der Waals surface area contributed by atoms with Crippen LogP contribution in [0.25, 0.3) is 0 Å².